The maximum Gasteiger partial charge on any atom is 0.326 e. The highest BCUT2D eigenvalue weighted by Crippen LogP contribution is 2.31. The van der Waals surface area contributed by atoms with E-state index in [-0.39, 0.29) is 6.10 Å². The summed E-state index contributed by atoms with van der Waals surface area (Å²) in [4.78, 5) is 27.8. The zero-order valence-electron chi connectivity index (χ0n) is 11.6. The summed E-state index contributed by atoms with van der Waals surface area (Å²) in [5, 5.41) is 12.4. The zero-order chi connectivity index (χ0) is 15.2. The van der Waals surface area contributed by atoms with Gasteiger partial charge in [0.1, 0.15) is 22.0 Å². The van der Waals surface area contributed by atoms with Crippen molar-refractivity contribution in [2.24, 2.45) is 0 Å². The fraction of sp³-hybridized carbons (Fsp3) is 0.500. The SMILES string of the molecule is C=CCCC(NC(=O)c1cnc(C2CCCO2)s1)C(=O)O. The molecule has 2 N–H and O–H groups in total. The number of allylic oxidation sites excluding steroid dienone is 1. The summed E-state index contributed by atoms with van der Waals surface area (Å²) in [6.07, 6.45) is 5.82. The van der Waals surface area contributed by atoms with E-state index < -0.39 is 17.9 Å². The number of ether oxygens (including phenoxy) is 1. The molecule has 0 aromatic carbocycles. The molecule has 114 valence electrons. The predicted molar refractivity (Wildman–Crippen MR) is 78.4 cm³/mol. The van der Waals surface area contributed by atoms with Gasteiger partial charge in [-0.3, -0.25) is 4.79 Å². The topological polar surface area (TPSA) is 88.5 Å². The van der Waals surface area contributed by atoms with E-state index in [1.807, 2.05) is 0 Å². The van der Waals surface area contributed by atoms with Crippen molar-refractivity contribution >= 4 is 23.2 Å². The molecule has 2 rings (SSSR count). The molecule has 0 aliphatic carbocycles. The summed E-state index contributed by atoms with van der Waals surface area (Å²) in [5.41, 5.74) is 0. The van der Waals surface area contributed by atoms with Crippen LogP contribution >= 0.6 is 11.3 Å². The normalized spacial score (nSPS) is 19.1. The summed E-state index contributed by atoms with van der Waals surface area (Å²) in [6, 6.07) is -0.913. The summed E-state index contributed by atoms with van der Waals surface area (Å²) < 4.78 is 5.52. The van der Waals surface area contributed by atoms with Crippen molar-refractivity contribution in [1.82, 2.24) is 10.3 Å². The Morgan fingerprint density at radius 3 is 3.10 bits per heavy atom. The number of thiazole rings is 1. The smallest absolute Gasteiger partial charge is 0.326 e. The number of rotatable bonds is 7. The number of nitrogens with zero attached hydrogens (tertiary/aromatic N) is 1. The van der Waals surface area contributed by atoms with Crippen LogP contribution in [0.5, 0.6) is 0 Å². The minimum atomic E-state index is -1.05. The Balaban J connectivity index is 1.98. The lowest BCUT2D eigenvalue weighted by Gasteiger charge is -2.12. The Morgan fingerprint density at radius 2 is 2.48 bits per heavy atom. The molecular weight excluding hydrogens is 292 g/mol. The first-order chi connectivity index (χ1) is 10.1. The Morgan fingerprint density at radius 1 is 1.67 bits per heavy atom. The maximum absolute atomic E-state index is 12.1. The second-order valence-electron chi connectivity index (χ2n) is 4.79. The van der Waals surface area contributed by atoms with Gasteiger partial charge in [-0.1, -0.05) is 6.08 Å². The molecule has 6 nitrogen and oxygen atoms in total. The van der Waals surface area contributed by atoms with Crippen molar-refractivity contribution in [2.75, 3.05) is 6.61 Å². The highest BCUT2D eigenvalue weighted by molar-refractivity contribution is 7.13. The Labute approximate surface area is 126 Å². The molecule has 1 aromatic rings. The standard InChI is InChI=1S/C14H18N2O4S/c1-2-3-5-9(14(18)19)16-12(17)11-8-15-13(21-11)10-6-4-7-20-10/h2,8-10H,1,3-7H2,(H,16,17)(H,18,19). The van der Waals surface area contributed by atoms with Gasteiger partial charge >= 0.3 is 5.97 Å². The predicted octanol–water partition coefficient (Wildman–Crippen LogP) is 2.14. The van der Waals surface area contributed by atoms with E-state index in [1.165, 1.54) is 17.5 Å². The molecule has 2 atom stereocenters. The second kappa shape index (κ2) is 7.33. The first kappa shape index (κ1) is 15.7. The van der Waals surface area contributed by atoms with E-state index in [9.17, 15) is 9.59 Å². The Bertz CT molecular complexity index is 523. The van der Waals surface area contributed by atoms with Crippen molar-refractivity contribution < 1.29 is 19.4 Å². The Hall–Kier alpha value is -1.73. The van der Waals surface area contributed by atoms with Crippen LogP contribution in [0.3, 0.4) is 0 Å². The fourth-order valence-corrected chi connectivity index (χ4v) is 2.99. The molecule has 2 unspecified atom stereocenters. The third kappa shape index (κ3) is 4.12. The van der Waals surface area contributed by atoms with E-state index in [0.29, 0.717) is 24.3 Å². The van der Waals surface area contributed by atoms with Crippen LogP contribution in [0.2, 0.25) is 0 Å². The summed E-state index contributed by atoms with van der Waals surface area (Å²) in [6.45, 7) is 4.27. The number of carboxylic acid groups (broad SMARTS) is 1. The van der Waals surface area contributed by atoms with Crippen molar-refractivity contribution in [3.63, 3.8) is 0 Å². The van der Waals surface area contributed by atoms with Crippen molar-refractivity contribution in [1.29, 1.82) is 0 Å². The minimum Gasteiger partial charge on any atom is -0.480 e. The third-order valence-corrected chi connectivity index (χ3v) is 4.30. The van der Waals surface area contributed by atoms with Crippen LogP contribution in [0.15, 0.2) is 18.9 Å². The van der Waals surface area contributed by atoms with Crippen LogP contribution < -0.4 is 5.32 Å². The van der Waals surface area contributed by atoms with Crippen LogP contribution in [0, 0.1) is 0 Å². The first-order valence-corrected chi connectivity index (χ1v) is 7.65. The van der Waals surface area contributed by atoms with Gasteiger partial charge in [-0.25, -0.2) is 9.78 Å². The lowest BCUT2D eigenvalue weighted by atomic mass is 10.1. The summed E-state index contributed by atoms with van der Waals surface area (Å²) >= 11 is 1.25. The van der Waals surface area contributed by atoms with Gasteiger partial charge in [0.15, 0.2) is 0 Å². The molecule has 21 heavy (non-hydrogen) atoms. The molecule has 0 bridgehead atoms. The molecule has 7 heteroatoms. The summed E-state index contributed by atoms with van der Waals surface area (Å²) in [5.74, 6) is -1.46. The largest absolute Gasteiger partial charge is 0.480 e. The number of carboxylic acids is 1. The molecule has 1 aliphatic heterocycles. The molecule has 2 heterocycles. The molecule has 0 radical (unpaired) electrons. The summed E-state index contributed by atoms with van der Waals surface area (Å²) in [7, 11) is 0. The van der Waals surface area contributed by atoms with Crippen molar-refractivity contribution in [3.8, 4) is 0 Å². The van der Waals surface area contributed by atoms with Crippen LogP contribution in [0.1, 0.15) is 46.5 Å². The molecular formula is C14H18N2O4S. The number of hydrogen-bond donors (Lipinski definition) is 2. The van der Waals surface area contributed by atoms with E-state index >= 15 is 0 Å². The molecule has 0 saturated carbocycles. The fourth-order valence-electron chi connectivity index (χ4n) is 2.09. The van der Waals surface area contributed by atoms with E-state index in [0.717, 1.165) is 17.8 Å². The molecule has 1 amide bonds. The van der Waals surface area contributed by atoms with Crippen molar-refractivity contribution in [3.05, 3.63) is 28.7 Å². The van der Waals surface area contributed by atoms with Crippen LogP contribution in [-0.4, -0.2) is 34.6 Å². The molecule has 1 aliphatic rings. The van der Waals surface area contributed by atoms with E-state index in [4.69, 9.17) is 9.84 Å². The highest BCUT2D eigenvalue weighted by Gasteiger charge is 2.24. The number of hydrogen-bond acceptors (Lipinski definition) is 5. The number of carbonyl (C=O) groups is 2. The van der Waals surface area contributed by atoms with E-state index in [1.54, 1.807) is 6.08 Å². The minimum absolute atomic E-state index is 0.0346. The zero-order valence-corrected chi connectivity index (χ0v) is 12.4. The van der Waals surface area contributed by atoms with Crippen LogP contribution in [0.4, 0.5) is 0 Å². The number of amides is 1. The van der Waals surface area contributed by atoms with Gasteiger partial charge in [0.25, 0.3) is 5.91 Å². The van der Waals surface area contributed by atoms with Gasteiger partial charge in [-0.15, -0.1) is 17.9 Å². The van der Waals surface area contributed by atoms with Gasteiger partial charge in [0.05, 0.1) is 6.20 Å². The van der Waals surface area contributed by atoms with Gasteiger partial charge < -0.3 is 15.2 Å². The number of carbonyl (C=O) groups excluding carboxylic acids is 1. The number of aromatic nitrogens is 1. The highest BCUT2D eigenvalue weighted by atomic mass is 32.1. The quantitative estimate of drug-likeness (QED) is 0.753. The number of nitrogens with one attached hydrogen (secondary N) is 1. The van der Waals surface area contributed by atoms with Crippen LogP contribution in [0.25, 0.3) is 0 Å². The van der Waals surface area contributed by atoms with Gasteiger partial charge in [-0.05, 0) is 25.7 Å². The number of aliphatic carboxylic acids is 1. The van der Waals surface area contributed by atoms with Gasteiger partial charge in [0, 0.05) is 6.61 Å². The average molecular weight is 310 g/mol. The van der Waals surface area contributed by atoms with Crippen LogP contribution in [-0.2, 0) is 9.53 Å². The van der Waals surface area contributed by atoms with E-state index in [2.05, 4.69) is 16.9 Å². The second-order valence-corrected chi connectivity index (χ2v) is 5.86. The lowest BCUT2D eigenvalue weighted by molar-refractivity contribution is -0.139. The monoisotopic (exact) mass is 310 g/mol. The first-order valence-electron chi connectivity index (χ1n) is 6.83. The Kier molecular flexibility index (Phi) is 5.46. The molecule has 0 spiro atoms. The maximum atomic E-state index is 12.1. The molecule has 1 saturated heterocycles. The molecule has 1 fully saturated rings. The van der Waals surface area contributed by atoms with Gasteiger partial charge in [-0.2, -0.15) is 0 Å². The van der Waals surface area contributed by atoms with Crippen molar-refractivity contribution in [2.45, 2.75) is 37.8 Å². The third-order valence-electron chi connectivity index (χ3n) is 3.22. The van der Waals surface area contributed by atoms with Gasteiger partial charge in [0.2, 0.25) is 0 Å². The molecule has 1 aromatic heterocycles. The lowest BCUT2D eigenvalue weighted by Crippen LogP contribution is -2.40. The average Bonchev–Trinajstić information content (AvgIpc) is 3.12.